The number of alkyl halides is 2. The van der Waals surface area contributed by atoms with E-state index in [4.69, 9.17) is 0 Å². The lowest BCUT2D eigenvalue weighted by Gasteiger charge is -2.27. The number of halogens is 2. The fraction of sp³-hybridized carbons (Fsp3) is 1.00. The third kappa shape index (κ3) is 1.47. The Hall–Kier alpha value is -0.180. The molecular formula is C9H16F2O. The van der Waals surface area contributed by atoms with Crippen LogP contribution in [0.1, 0.15) is 33.6 Å². The largest absolute Gasteiger partial charge is 0.384 e. The number of aliphatic hydroxyl groups is 1. The Morgan fingerprint density at radius 2 is 1.92 bits per heavy atom. The van der Waals surface area contributed by atoms with Crippen LogP contribution >= 0.6 is 0 Å². The van der Waals surface area contributed by atoms with E-state index in [1.54, 1.807) is 6.92 Å². The van der Waals surface area contributed by atoms with Gasteiger partial charge in [0.2, 0.25) is 0 Å². The molecule has 1 aliphatic rings. The van der Waals surface area contributed by atoms with Crippen molar-refractivity contribution in [1.82, 2.24) is 0 Å². The Morgan fingerprint density at radius 3 is 2.08 bits per heavy atom. The Morgan fingerprint density at radius 1 is 1.42 bits per heavy atom. The highest BCUT2D eigenvalue weighted by molar-refractivity contribution is 4.99. The first-order chi connectivity index (χ1) is 5.28. The third-order valence-corrected chi connectivity index (χ3v) is 2.85. The van der Waals surface area contributed by atoms with Crippen molar-refractivity contribution < 1.29 is 13.9 Å². The van der Waals surface area contributed by atoms with Crippen LogP contribution in [0, 0.1) is 11.3 Å². The molecule has 2 atom stereocenters. The monoisotopic (exact) mass is 178 g/mol. The van der Waals surface area contributed by atoms with Crippen molar-refractivity contribution in [2.45, 2.75) is 45.6 Å². The first kappa shape index (κ1) is 9.90. The Bertz CT molecular complexity index is 179. The summed E-state index contributed by atoms with van der Waals surface area (Å²) in [5.41, 5.74) is -1.89. The Kier molecular flexibility index (Phi) is 2.19. The lowest BCUT2D eigenvalue weighted by atomic mass is 9.89. The molecule has 0 aliphatic heterocycles. The molecule has 3 heteroatoms. The van der Waals surface area contributed by atoms with Gasteiger partial charge in [-0.3, -0.25) is 0 Å². The standard InChI is InChI=1S/C9H16F2O/c1-6-4-8(2,3)5-9(6,12)7(10)11/h6-7,12H,4-5H2,1-3H3. The highest BCUT2D eigenvalue weighted by Gasteiger charge is 2.53. The second-order valence-corrected chi connectivity index (χ2v) is 4.74. The summed E-state index contributed by atoms with van der Waals surface area (Å²) in [6, 6.07) is 0. The molecule has 2 unspecified atom stereocenters. The van der Waals surface area contributed by atoms with Gasteiger partial charge in [-0.1, -0.05) is 20.8 Å². The van der Waals surface area contributed by atoms with Gasteiger partial charge in [0.15, 0.2) is 0 Å². The average Bonchev–Trinajstić information content (AvgIpc) is 2.03. The average molecular weight is 178 g/mol. The molecule has 1 rings (SSSR count). The van der Waals surface area contributed by atoms with E-state index in [1.807, 2.05) is 13.8 Å². The van der Waals surface area contributed by atoms with Crippen LogP contribution in [0.3, 0.4) is 0 Å². The van der Waals surface area contributed by atoms with Crippen LogP contribution in [0.2, 0.25) is 0 Å². The van der Waals surface area contributed by atoms with E-state index in [9.17, 15) is 13.9 Å². The van der Waals surface area contributed by atoms with Gasteiger partial charge in [0.1, 0.15) is 5.60 Å². The zero-order valence-electron chi connectivity index (χ0n) is 7.77. The molecule has 0 aromatic rings. The number of hydrogen-bond donors (Lipinski definition) is 1. The molecule has 1 fully saturated rings. The molecule has 0 aromatic carbocycles. The van der Waals surface area contributed by atoms with Crippen molar-refractivity contribution in [3.63, 3.8) is 0 Å². The normalized spacial score (nSPS) is 40.8. The highest BCUT2D eigenvalue weighted by atomic mass is 19.3. The van der Waals surface area contributed by atoms with Crippen LogP contribution in [-0.4, -0.2) is 17.1 Å². The minimum atomic E-state index is -2.62. The van der Waals surface area contributed by atoms with Crippen LogP contribution in [0.15, 0.2) is 0 Å². The van der Waals surface area contributed by atoms with Gasteiger partial charge in [-0.2, -0.15) is 0 Å². The van der Waals surface area contributed by atoms with E-state index in [2.05, 4.69) is 0 Å². The summed E-state index contributed by atoms with van der Waals surface area (Å²) in [6.45, 7) is 5.54. The van der Waals surface area contributed by atoms with Crippen LogP contribution in [0.4, 0.5) is 8.78 Å². The third-order valence-electron chi connectivity index (χ3n) is 2.85. The molecule has 1 saturated carbocycles. The van der Waals surface area contributed by atoms with Crippen molar-refractivity contribution in [2.75, 3.05) is 0 Å². The molecule has 72 valence electrons. The van der Waals surface area contributed by atoms with Crippen LogP contribution < -0.4 is 0 Å². The van der Waals surface area contributed by atoms with E-state index in [1.165, 1.54) is 0 Å². The van der Waals surface area contributed by atoms with Crippen molar-refractivity contribution in [3.8, 4) is 0 Å². The minimum Gasteiger partial charge on any atom is -0.384 e. The molecule has 0 saturated heterocycles. The fourth-order valence-corrected chi connectivity index (χ4v) is 2.31. The summed E-state index contributed by atoms with van der Waals surface area (Å²) in [4.78, 5) is 0. The highest BCUT2D eigenvalue weighted by Crippen LogP contribution is 2.49. The van der Waals surface area contributed by atoms with Crippen LogP contribution in [0.25, 0.3) is 0 Å². The van der Waals surface area contributed by atoms with Crippen LogP contribution in [-0.2, 0) is 0 Å². The summed E-state index contributed by atoms with van der Waals surface area (Å²) in [5, 5.41) is 9.62. The lowest BCUT2D eigenvalue weighted by Crippen LogP contribution is -2.40. The topological polar surface area (TPSA) is 20.2 Å². The van der Waals surface area contributed by atoms with Gasteiger partial charge in [-0.15, -0.1) is 0 Å². The quantitative estimate of drug-likeness (QED) is 0.653. The molecular weight excluding hydrogens is 162 g/mol. The molecule has 0 amide bonds. The van der Waals surface area contributed by atoms with Gasteiger partial charge >= 0.3 is 0 Å². The second kappa shape index (κ2) is 2.66. The molecule has 0 radical (unpaired) electrons. The van der Waals surface area contributed by atoms with Gasteiger partial charge in [0.25, 0.3) is 6.43 Å². The number of hydrogen-bond acceptors (Lipinski definition) is 1. The van der Waals surface area contributed by atoms with Crippen LogP contribution in [0.5, 0.6) is 0 Å². The molecule has 0 bridgehead atoms. The first-order valence-corrected chi connectivity index (χ1v) is 4.28. The summed E-state index contributed by atoms with van der Waals surface area (Å²) in [7, 11) is 0. The Labute approximate surface area is 71.8 Å². The summed E-state index contributed by atoms with van der Waals surface area (Å²) < 4.78 is 24.9. The molecule has 0 heterocycles. The molecule has 0 aromatic heterocycles. The van der Waals surface area contributed by atoms with Gasteiger partial charge in [0.05, 0.1) is 0 Å². The zero-order chi connectivity index (χ0) is 9.57. The zero-order valence-corrected chi connectivity index (χ0v) is 7.77. The van der Waals surface area contributed by atoms with Crippen molar-refractivity contribution in [3.05, 3.63) is 0 Å². The van der Waals surface area contributed by atoms with Crippen molar-refractivity contribution >= 4 is 0 Å². The Balaban J connectivity index is 2.81. The van der Waals surface area contributed by atoms with E-state index >= 15 is 0 Å². The van der Waals surface area contributed by atoms with E-state index < -0.39 is 12.0 Å². The molecule has 1 nitrogen and oxygen atoms in total. The van der Waals surface area contributed by atoms with E-state index in [0.29, 0.717) is 6.42 Å². The summed E-state index contributed by atoms with van der Waals surface area (Å²) in [5.74, 6) is -0.299. The number of rotatable bonds is 1. The maximum absolute atomic E-state index is 12.5. The minimum absolute atomic E-state index is 0.148. The summed E-state index contributed by atoms with van der Waals surface area (Å²) >= 11 is 0. The van der Waals surface area contributed by atoms with Crippen molar-refractivity contribution in [1.29, 1.82) is 0 Å². The molecule has 0 spiro atoms. The second-order valence-electron chi connectivity index (χ2n) is 4.74. The first-order valence-electron chi connectivity index (χ1n) is 4.28. The molecule has 1 N–H and O–H groups in total. The lowest BCUT2D eigenvalue weighted by molar-refractivity contribution is -0.118. The van der Waals surface area contributed by atoms with Gasteiger partial charge in [-0.05, 0) is 24.2 Å². The maximum atomic E-state index is 12.5. The van der Waals surface area contributed by atoms with E-state index in [0.717, 1.165) is 0 Å². The fourth-order valence-electron chi connectivity index (χ4n) is 2.31. The summed E-state index contributed by atoms with van der Waals surface area (Å²) in [6.07, 6.45) is -1.73. The SMILES string of the molecule is CC1CC(C)(C)CC1(O)C(F)F. The van der Waals surface area contributed by atoms with Gasteiger partial charge < -0.3 is 5.11 Å². The predicted molar refractivity (Wildman–Crippen MR) is 43.1 cm³/mol. The molecule has 12 heavy (non-hydrogen) atoms. The predicted octanol–water partition coefficient (Wildman–Crippen LogP) is 2.44. The smallest absolute Gasteiger partial charge is 0.267 e. The van der Waals surface area contributed by atoms with Gasteiger partial charge in [-0.25, -0.2) is 8.78 Å². The van der Waals surface area contributed by atoms with Gasteiger partial charge in [0, 0.05) is 0 Å². The maximum Gasteiger partial charge on any atom is 0.267 e. The van der Waals surface area contributed by atoms with Crippen molar-refractivity contribution in [2.24, 2.45) is 11.3 Å². The van der Waals surface area contributed by atoms with E-state index in [-0.39, 0.29) is 17.8 Å². The molecule has 1 aliphatic carbocycles.